The smallest absolute Gasteiger partial charge is 0.341 e. The summed E-state index contributed by atoms with van der Waals surface area (Å²) in [5.74, 6) is -0.723. The maximum Gasteiger partial charge on any atom is 0.341 e. The number of esters is 1. The minimum atomic E-state index is -0.441. The molecule has 0 aliphatic carbocycles. The Morgan fingerprint density at radius 2 is 1.86 bits per heavy atom. The van der Waals surface area contributed by atoms with Gasteiger partial charge in [-0.2, -0.15) is 0 Å². The molecule has 5 heteroatoms. The summed E-state index contributed by atoms with van der Waals surface area (Å²) in [6, 6.07) is 9.53. The second-order valence-corrected chi connectivity index (χ2v) is 5.94. The zero-order valence-corrected chi connectivity index (χ0v) is 13.5. The van der Waals surface area contributed by atoms with Crippen molar-refractivity contribution in [2.75, 3.05) is 12.4 Å². The third kappa shape index (κ3) is 3.62. The van der Waals surface area contributed by atoms with Crippen LogP contribution in [0.4, 0.5) is 5.00 Å². The number of carbonyl (C=O) groups excluding carboxylic acids is 2. The predicted octanol–water partition coefficient (Wildman–Crippen LogP) is 3.80. The number of anilines is 1. The van der Waals surface area contributed by atoms with E-state index in [0.717, 1.165) is 16.0 Å². The first-order valence-electron chi connectivity index (χ1n) is 6.75. The predicted molar refractivity (Wildman–Crippen MR) is 89.2 cm³/mol. The Morgan fingerprint density at radius 1 is 1.18 bits per heavy atom. The lowest BCUT2D eigenvalue weighted by Gasteiger charge is -2.04. The molecule has 1 amide bonds. The van der Waals surface area contributed by atoms with Gasteiger partial charge < -0.3 is 10.1 Å². The van der Waals surface area contributed by atoms with Gasteiger partial charge in [0.05, 0.1) is 12.7 Å². The number of aryl methyl sites for hydroxylation is 1. The molecule has 2 rings (SSSR count). The summed E-state index contributed by atoms with van der Waals surface area (Å²) >= 11 is 1.37. The number of carbonyl (C=O) groups is 2. The van der Waals surface area contributed by atoms with Crippen molar-refractivity contribution in [2.45, 2.75) is 13.8 Å². The van der Waals surface area contributed by atoms with Gasteiger partial charge in [-0.15, -0.1) is 11.3 Å². The monoisotopic (exact) mass is 315 g/mol. The van der Waals surface area contributed by atoms with Crippen molar-refractivity contribution in [3.05, 3.63) is 58.0 Å². The van der Waals surface area contributed by atoms with E-state index in [1.165, 1.54) is 24.5 Å². The number of hydrogen-bond acceptors (Lipinski definition) is 4. The fourth-order valence-corrected chi connectivity index (χ4v) is 3.00. The molecule has 0 radical (unpaired) electrons. The average molecular weight is 315 g/mol. The van der Waals surface area contributed by atoms with Gasteiger partial charge in [-0.3, -0.25) is 4.79 Å². The van der Waals surface area contributed by atoms with Gasteiger partial charge >= 0.3 is 5.97 Å². The van der Waals surface area contributed by atoms with E-state index >= 15 is 0 Å². The zero-order chi connectivity index (χ0) is 16.1. The topological polar surface area (TPSA) is 55.4 Å². The van der Waals surface area contributed by atoms with E-state index in [4.69, 9.17) is 4.74 Å². The van der Waals surface area contributed by atoms with Crippen LogP contribution in [0.25, 0.3) is 6.08 Å². The summed E-state index contributed by atoms with van der Waals surface area (Å²) in [6.45, 7) is 3.75. The van der Waals surface area contributed by atoms with Crippen LogP contribution in [0.5, 0.6) is 0 Å². The van der Waals surface area contributed by atoms with Gasteiger partial charge in [0.2, 0.25) is 5.91 Å². The van der Waals surface area contributed by atoms with Crippen LogP contribution < -0.4 is 5.32 Å². The largest absolute Gasteiger partial charge is 0.465 e. The first kappa shape index (κ1) is 16.0. The molecule has 4 nitrogen and oxygen atoms in total. The molecule has 2 aromatic rings. The molecule has 1 aromatic heterocycles. The van der Waals surface area contributed by atoms with E-state index < -0.39 is 5.97 Å². The van der Waals surface area contributed by atoms with Crippen molar-refractivity contribution < 1.29 is 14.3 Å². The highest BCUT2D eigenvalue weighted by atomic mass is 32.1. The minimum Gasteiger partial charge on any atom is -0.465 e. The van der Waals surface area contributed by atoms with Crippen LogP contribution >= 0.6 is 11.3 Å². The molecule has 1 heterocycles. The lowest BCUT2D eigenvalue weighted by molar-refractivity contribution is -0.111. The van der Waals surface area contributed by atoms with Crippen molar-refractivity contribution in [1.82, 2.24) is 0 Å². The Kier molecular flexibility index (Phi) is 5.12. The van der Waals surface area contributed by atoms with E-state index in [1.54, 1.807) is 6.08 Å². The maximum absolute atomic E-state index is 12.0. The molecule has 22 heavy (non-hydrogen) atoms. The summed E-state index contributed by atoms with van der Waals surface area (Å²) in [7, 11) is 1.33. The number of benzene rings is 1. The normalized spacial score (nSPS) is 10.7. The molecule has 1 aromatic carbocycles. The van der Waals surface area contributed by atoms with Gasteiger partial charge in [-0.25, -0.2) is 4.79 Å². The van der Waals surface area contributed by atoms with Crippen LogP contribution in [-0.2, 0) is 9.53 Å². The van der Waals surface area contributed by atoms with Gasteiger partial charge in [0.1, 0.15) is 5.00 Å². The lowest BCUT2D eigenvalue weighted by Crippen LogP contribution is -2.11. The Hall–Kier alpha value is -2.40. The molecular weight excluding hydrogens is 298 g/mol. The van der Waals surface area contributed by atoms with Gasteiger partial charge in [-0.05, 0) is 31.1 Å². The highest BCUT2D eigenvalue weighted by Gasteiger charge is 2.20. The van der Waals surface area contributed by atoms with E-state index in [9.17, 15) is 9.59 Å². The zero-order valence-electron chi connectivity index (χ0n) is 12.7. The molecule has 0 saturated heterocycles. The standard InChI is InChI=1S/C17H17NO3S/c1-11-12(2)22-16(15(11)17(20)21-3)18-14(19)10-9-13-7-5-4-6-8-13/h4-10H,1-3H3,(H,18,19). The first-order chi connectivity index (χ1) is 10.5. The van der Waals surface area contributed by atoms with Crippen LogP contribution in [-0.4, -0.2) is 19.0 Å². The number of thiophene rings is 1. The fraction of sp³-hybridized carbons (Fsp3) is 0.176. The van der Waals surface area contributed by atoms with Crippen molar-refractivity contribution in [3.63, 3.8) is 0 Å². The molecule has 114 valence electrons. The molecule has 0 fully saturated rings. The van der Waals surface area contributed by atoms with Crippen LogP contribution in [0.3, 0.4) is 0 Å². The van der Waals surface area contributed by atoms with Crippen molar-refractivity contribution in [3.8, 4) is 0 Å². The summed E-state index contributed by atoms with van der Waals surface area (Å²) in [6.07, 6.45) is 3.17. The van der Waals surface area contributed by atoms with Crippen LogP contribution in [0.1, 0.15) is 26.4 Å². The first-order valence-corrected chi connectivity index (χ1v) is 7.57. The summed E-state index contributed by atoms with van der Waals surface area (Å²) in [5, 5.41) is 3.27. The molecule has 1 N–H and O–H groups in total. The SMILES string of the molecule is COC(=O)c1c(NC(=O)C=Cc2ccccc2)sc(C)c1C. The molecule has 0 unspecified atom stereocenters. The highest BCUT2D eigenvalue weighted by Crippen LogP contribution is 2.32. The van der Waals surface area contributed by atoms with E-state index in [2.05, 4.69) is 5.32 Å². The van der Waals surface area contributed by atoms with Gasteiger partial charge in [0.25, 0.3) is 0 Å². The number of amides is 1. The number of nitrogens with one attached hydrogen (secondary N) is 1. The van der Waals surface area contributed by atoms with Crippen LogP contribution in [0.2, 0.25) is 0 Å². The quantitative estimate of drug-likeness (QED) is 0.689. The van der Waals surface area contributed by atoms with Gasteiger partial charge in [0, 0.05) is 11.0 Å². The fourth-order valence-electron chi connectivity index (χ4n) is 1.95. The van der Waals surface area contributed by atoms with Crippen molar-refractivity contribution in [1.29, 1.82) is 0 Å². The van der Waals surface area contributed by atoms with Crippen molar-refractivity contribution >= 4 is 34.3 Å². The Bertz CT molecular complexity index is 717. The molecular formula is C17H17NO3S. The summed E-state index contributed by atoms with van der Waals surface area (Å²) < 4.78 is 4.78. The average Bonchev–Trinajstić information content (AvgIpc) is 2.80. The van der Waals surface area contributed by atoms with E-state index in [1.807, 2.05) is 44.2 Å². The number of ether oxygens (including phenoxy) is 1. The Labute approximate surface area is 133 Å². The molecule has 0 spiro atoms. The summed E-state index contributed by atoms with van der Waals surface area (Å²) in [5.41, 5.74) is 2.19. The summed E-state index contributed by atoms with van der Waals surface area (Å²) in [4.78, 5) is 24.8. The Balaban J connectivity index is 2.17. The number of hydrogen-bond donors (Lipinski definition) is 1. The van der Waals surface area contributed by atoms with Gasteiger partial charge in [0.15, 0.2) is 0 Å². The molecule has 0 bridgehead atoms. The minimum absolute atomic E-state index is 0.282. The molecule has 0 atom stereocenters. The van der Waals surface area contributed by atoms with E-state index in [-0.39, 0.29) is 5.91 Å². The van der Waals surface area contributed by atoms with Crippen LogP contribution in [0.15, 0.2) is 36.4 Å². The molecule has 0 saturated carbocycles. The third-order valence-corrected chi connectivity index (χ3v) is 4.36. The molecule has 0 aliphatic rings. The van der Waals surface area contributed by atoms with Crippen molar-refractivity contribution in [2.24, 2.45) is 0 Å². The second-order valence-electron chi connectivity index (χ2n) is 4.71. The third-order valence-electron chi connectivity index (χ3n) is 3.24. The number of rotatable bonds is 4. The Morgan fingerprint density at radius 3 is 2.50 bits per heavy atom. The second kappa shape index (κ2) is 7.04. The van der Waals surface area contributed by atoms with Crippen LogP contribution in [0, 0.1) is 13.8 Å². The molecule has 0 aliphatic heterocycles. The maximum atomic E-state index is 12.0. The number of methoxy groups -OCH3 is 1. The van der Waals surface area contributed by atoms with E-state index in [0.29, 0.717) is 10.6 Å². The highest BCUT2D eigenvalue weighted by molar-refractivity contribution is 7.16. The van der Waals surface area contributed by atoms with Gasteiger partial charge in [-0.1, -0.05) is 30.3 Å². The lowest BCUT2D eigenvalue weighted by atomic mass is 10.1.